The first-order valence-corrected chi connectivity index (χ1v) is 9.86. The molecule has 10 heteroatoms. The molecule has 1 N–H and O–H groups in total. The molecule has 3 rings (SSSR count). The Morgan fingerprint density at radius 1 is 1.22 bits per heavy atom. The van der Waals surface area contributed by atoms with Crippen molar-refractivity contribution in [2.24, 2.45) is 5.92 Å². The smallest absolute Gasteiger partial charge is 0.311 e. The van der Waals surface area contributed by atoms with Gasteiger partial charge in [-0.2, -0.15) is 0 Å². The number of hydrogen-bond acceptors (Lipinski definition) is 7. The molecule has 168 valence electrons. The van der Waals surface area contributed by atoms with Crippen LogP contribution in [0, 0.1) is 29.9 Å². The van der Waals surface area contributed by atoms with E-state index in [0.29, 0.717) is 11.4 Å². The van der Waals surface area contributed by atoms with E-state index in [2.05, 4.69) is 5.32 Å². The number of carbonyl (C=O) groups excluding carboxylic acids is 3. The minimum atomic E-state index is -0.768. The second kappa shape index (κ2) is 9.46. The molecule has 2 aromatic rings. The van der Waals surface area contributed by atoms with Crippen LogP contribution >= 0.6 is 0 Å². The van der Waals surface area contributed by atoms with Gasteiger partial charge in [0.2, 0.25) is 5.91 Å². The lowest BCUT2D eigenvalue weighted by atomic mass is 10.1. The Kier molecular flexibility index (Phi) is 6.72. The van der Waals surface area contributed by atoms with E-state index in [1.807, 2.05) is 32.0 Å². The molecule has 1 aliphatic heterocycles. The van der Waals surface area contributed by atoms with Crippen molar-refractivity contribution in [3.63, 3.8) is 0 Å². The predicted octanol–water partition coefficient (Wildman–Crippen LogP) is 2.76. The van der Waals surface area contributed by atoms with E-state index >= 15 is 0 Å². The zero-order chi connectivity index (χ0) is 23.4. The first-order chi connectivity index (χ1) is 15.2. The van der Waals surface area contributed by atoms with Gasteiger partial charge in [0.05, 0.1) is 29.7 Å². The number of nitrogens with zero attached hydrogens (tertiary/aromatic N) is 2. The van der Waals surface area contributed by atoms with Gasteiger partial charge in [0.15, 0.2) is 6.61 Å². The quantitative estimate of drug-likeness (QED) is 0.397. The number of rotatable bonds is 7. The van der Waals surface area contributed by atoms with Crippen molar-refractivity contribution in [1.29, 1.82) is 0 Å². The number of nitrogens with one attached hydrogen (secondary N) is 1. The summed E-state index contributed by atoms with van der Waals surface area (Å²) in [5.41, 5.74) is 2.64. The molecule has 10 nitrogen and oxygen atoms in total. The van der Waals surface area contributed by atoms with Crippen LogP contribution in [0.3, 0.4) is 0 Å². The molecule has 1 atom stereocenters. The number of anilines is 2. The van der Waals surface area contributed by atoms with Gasteiger partial charge in [-0.15, -0.1) is 0 Å². The van der Waals surface area contributed by atoms with Crippen LogP contribution in [0.5, 0.6) is 5.75 Å². The molecule has 0 spiro atoms. The van der Waals surface area contributed by atoms with Gasteiger partial charge in [-0.3, -0.25) is 24.5 Å². The average Bonchev–Trinajstić information content (AvgIpc) is 3.15. The van der Waals surface area contributed by atoms with Crippen molar-refractivity contribution in [3.8, 4) is 5.75 Å². The minimum Gasteiger partial charge on any atom is -0.494 e. The van der Waals surface area contributed by atoms with E-state index < -0.39 is 29.3 Å². The number of carbonyl (C=O) groups is 3. The van der Waals surface area contributed by atoms with Crippen LogP contribution in [-0.4, -0.2) is 43.0 Å². The zero-order valence-corrected chi connectivity index (χ0v) is 17.9. The summed E-state index contributed by atoms with van der Waals surface area (Å²) in [5.74, 6) is -2.12. The van der Waals surface area contributed by atoms with E-state index in [0.717, 1.165) is 11.1 Å². The molecule has 0 aromatic heterocycles. The van der Waals surface area contributed by atoms with Gasteiger partial charge in [0.1, 0.15) is 5.75 Å². The van der Waals surface area contributed by atoms with Crippen LogP contribution in [-0.2, 0) is 19.1 Å². The number of amides is 2. The second-order valence-electron chi connectivity index (χ2n) is 7.49. The van der Waals surface area contributed by atoms with Crippen LogP contribution in [0.1, 0.15) is 17.5 Å². The van der Waals surface area contributed by atoms with Crippen LogP contribution in [0.2, 0.25) is 0 Å². The molecular weight excluding hydrogens is 418 g/mol. The summed E-state index contributed by atoms with van der Waals surface area (Å²) in [6.45, 7) is 3.30. The fraction of sp³-hybridized carbons (Fsp3) is 0.318. The largest absolute Gasteiger partial charge is 0.494 e. The molecule has 2 aromatic carbocycles. The number of benzene rings is 2. The van der Waals surface area contributed by atoms with Crippen molar-refractivity contribution >= 4 is 34.8 Å². The average molecular weight is 441 g/mol. The molecule has 0 saturated carbocycles. The fourth-order valence-electron chi connectivity index (χ4n) is 3.41. The fourth-order valence-corrected chi connectivity index (χ4v) is 3.41. The minimum absolute atomic E-state index is 0.0183. The Bertz CT molecular complexity index is 1080. The summed E-state index contributed by atoms with van der Waals surface area (Å²) in [7, 11) is 1.34. The molecule has 1 heterocycles. The van der Waals surface area contributed by atoms with Gasteiger partial charge in [0, 0.05) is 24.7 Å². The number of aryl methyl sites for hydroxylation is 2. The monoisotopic (exact) mass is 441 g/mol. The maximum atomic E-state index is 12.5. The summed E-state index contributed by atoms with van der Waals surface area (Å²) in [6, 6.07) is 9.50. The third kappa shape index (κ3) is 5.02. The summed E-state index contributed by atoms with van der Waals surface area (Å²) in [5, 5.41) is 13.7. The molecule has 1 aliphatic rings. The van der Waals surface area contributed by atoms with Gasteiger partial charge in [-0.05, 0) is 37.1 Å². The summed E-state index contributed by atoms with van der Waals surface area (Å²) in [6.07, 6.45) is -0.0996. The van der Waals surface area contributed by atoms with E-state index in [1.54, 1.807) is 0 Å². The Balaban J connectivity index is 1.61. The SMILES string of the molecule is COc1cc([N+](=O)[O-])ccc1N1C[C@@H](C(=O)OCC(=O)Nc2cc(C)ccc2C)CC1=O. The number of ether oxygens (including phenoxy) is 2. The van der Waals surface area contributed by atoms with Gasteiger partial charge in [-0.25, -0.2) is 0 Å². The lowest BCUT2D eigenvalue weighted by Crippen LogP contribution is -2.28. The van der Waals surface area contributed by atoms with E-state index in [1.165, 1.54) is 30.2 Å². The van der Waals surface area contributed by atoms with Crippen LogP contribution in [0.4, 0.5) is 17.1 Å². The second-order valence-corrected chi connectivity index (χ2v) is 7.49. The number of nitro groups is 1. The molecule has 0 unspecified atom stereocenters. The number of nitro benzene ring substituents is 1. The normalized spacial score (nSPS) is 15.4. The number of esters is 1. The third-order valence-corrected chi connectivity index (χ3v) is 5.14. The van der Waals surface area contributed by atoms with Crippen LogP contribution in [0.25, 0.3) is 0 Å². The van der Waals surface area contributed by atoms with Crippen molar-refractivity contribution < 1.29 is 28.8 Å². The van der Waals surface area contributed by atoms with Crippen molar-refractivity contribution in [2.45, 2.75) is 20.3 Å². The molecule has 0 aliphatic carbocycles. The molecule has 1 saturated heterocycles. The van der Waals surface area contributed by atoms with Crippen molar-refractivity contribution in [2.75, 3.05) is 30.5 Å². The van der Waals surface area contributed by atoms with Crippen LogP contribution in [0.15, 0.2) is 36.4 Å². The van der Waals surface area contributed by atoms with Crippen LogP contribution < -0.4 is 15.0 Å². The number of non-ortho nitro benzene ring substituents is 1. The highest BCUT2D eigenvalue weighted by molar-refractivity contribution is 6.01. The highest BCUT2D eigenvalue weighted by atomic mass is 16.6. The Labute approximate surface area is 184 Å². The Morgan fingerprint density at radius 2 is 1.97 bits per heavy atom. The topological polar surface area (TPSA) is 128 Å². The van der Waals surface area contributed by atoms with E-state index in [-0.39, 0.29) is 30.3 Å². The first-order valence-electron chi connectivity index (χ1n) is 9.86. The number of methoxy groups -OCH3 is 1. The lowest BCUT2D eigenvalue weighted by molar-refractivity contribution is -0.384. The summed E-state index contributed by atoms with van der Waals surface area (Å²) in [4.78, 5) is 48.8. The first kappa shape index (κ1) is 22.7. The Morgan fingerprint density at radius 3 is 2.66 bits per heavy atom. The molecular formula is C22H23N3O7. The van der Waals surface area contributed by atoms with Gasteiger partial charge >= 0.3 is 5.97 Å². The molecule has 0 bridgehead atoms. The van der Waals surface area contributed by atoms with Gasteiger partial charge < -0.3 is 19.7 Å². The molecule has 0 radical (unpaired) electrons. The molecule has 1 fully saturated rings. The maximum Gasteiger partial charge on any atom is 0.311 e. The molecule has 2 amide bonds. The Hall–Kier alpha value is -3.95. The highest BCUT2D eigenvalue weighted by Gasteiger charge is 2.37. The standard InChI is InChI=1S/C22H23N3O7/c1-13-4-5-14(2)17(8-13)23-20(26)12-32-22(28)15-9-21(27)24(11-15)18-7-6-16(25(29)30)10-19(18)31-3/h4-8,10,15H,9,11-12H2,1-3H3,(H,23,26)/t15-/m0/s1. The van der Waals surface area contributed by atoms with Gasteiger partial charge in [-0.1, -0.05) is 12.1 Å². The predicted molar refractivity (Wildman–Crippen MR) is 116 cm³/mol. The van der Waals surface area contributed by atoms with Crippen molar-refractivity contribution in [3.05, 3.63) is 57.6 Å². The number of hydrogen-bond donors (Lipinski definition) is 1. The summed E-state index contributed by atoms with van der Waals surface area (Å²) < 4.78 is 10.3. The van der Waals surface area contributed by atoms with E-state index in [4.69, 9.17) is 9.47 Å². The molecule has 32 heavy (non-hydrogen) atoms. The van der Waals surface area contributed by atoms with Crippen molar-refractivity contribution in [1.82, 2.24) is 0 Å². The van der Waals surface area contributed by atoms with Gasteiger partial charge in [0.25, 0.3) is 11.6 Å². The lowest BCUT2D eigenvalue weighted by Gasteiger charge is -2.19. The highest BCUT2D eigenvalue weighted by Crippen LogP contribution is 2.36. The zero-order valence-electron chi connectivity index (χ0n) is 17.9. The van der Waals surface area contributed by atoms with E-state index in [9.17, 15) is 24.5 Å². The third-order valence-electron chi connectivity index (χ3n) is 5.14. The summed E-state index contributed by atoms with van der Waals surface area (Å²) >= 11 is 0. The maximum absolute atomic E-state index is 12.5.